The lowest BCUT2D eigenvalue weighted by Gasteiger charge is -2.27. The van der Waals surface area contributed by atoms with Crippen LogP contribution in [0, 0.1) is 13.8 Å². The van der Waals surface area contributed by atoms with Crippen molar-refractivity contribution in [2.75, 3.05) is 13.7 Å². The molecule has 2 rings (SSSR count). The number of esters is 1. The van der Waals surface area contributed by atoms with Gasteiger partial charge in [0, 0.05) is 17.8 Å². The maximum atomic E-state index is 13.2. The fraction of sp³-hybridized carbons (Fsp3) is 0.400. The van der Waals surface area contributed by atoms with Gasteiger partial charge in [0.15, 0.2) is 5.78 Å². The Bertz CT molecular complexity index is 964. The van der Waals surface area contributed by atoms with E-state index < -0.39 is 22.0 Å². The molecule has 152 valence electrons. The zero-order valence-corrected chi connectivity index (χ0v) is 17.6. The second-order valence-corrected chi connectivity index (χ2v) is 8.48. The van der Waals surface area contributed by atoms with E-state index in [9.17, 15) is 18.0 Å². The van der Waals surface area contributed by atoms with Crippen LogP contribution in [0.3, 0.4) is 0 Å². The normalized spacial score (nSPS) is 12.8. The van der Waals surface area contributed by atoms with Gasteiger partial charge in [-0.1, -0.05) is 25.1 Å². The lowest BCUT2D eigenvalue weighted by molar-refractivity contribution is 0.0594. The number of aromatic amines is 1. The van der Waals surface area contributed by atoms with Crippen molar-refractivity contribution in [3.63, 3.8) is 0 Å². The van der Waals surface area contributed by atoms with Gasteiger partial charge in [-0.05, 0) is 44.9 Å². The number of aryl methyl sites for hydroxylation is 1. The Labute approximate surface area is 165 Å². The van der Waals surface area contributed by atoms with Crippen molar-refractivity contribution in [2.24, 2.45) is 0 Å². The molecule has 1 aromatic heterocycles. The van der Waals surface area contributed by atoms with Crippen LogP contribution >= 0.6 is 0 Å². The summed E-state index contributed by atoms with van der Waals surface area (Å²) in [7, 11) is -2.58. The maximum absolute atomic E-state index is 13.2. The van der Waals surface area contributed by atoms with Crippen LogP contribution in [0.15, 0.2) is 35.2 Å². The van der Waals surface area contributed by atoms with Gasteiger partial charge in [0.05, 0.1) is 18.0 Å². The molecule has 0 spiro atoms. The lowest BCUT2D eigenvalue weighted by Crippen LogP contribution is -2.43. The standard InChI is InChI=1S/C20H26N2O5S/c1-6-12-22(28(25,26)16-10-8-7-9-11-16)15(4)19(23)17-13(2)18(20(24)27-5)21-14(17)3/h7-11,15,21H,6,12H2,1-5H3/t15-/m0/s1. The van der Waals surface area contributed by atoms with Crippen molar-refractivity contribution < 1.29 is 22.7 Å². The van der Waals surface area contributed by atoms with E-state index in [1.165, 1.54) is 23.5 Å². The number of hydrogen-bond donors (Lipinski definition) is 1. The third-order valence-electron chi connectivity index (χ3n) is 4.68. The molecule has 1 atom stereocenters. The Hall–Kier alpha value is -2.45. The number of nitrogens with zero attached hydrogens (tertiary/aromatic N) is 1. The molecule has 8 heteroatoms. The Morgan fingerprint density at radius 1 is 1.18 bits per heavy atom. The van der Waals surface area contributed by atoms with Crippen LogP contribution < -0.4 is 0 Å². The fourth-order valence-electron chi connectivity index (χ4n) is 3.24. The summed E-state index contributed by atoms with van der Waals surface area (Å²) in [5.74, 6) is -0.941. The van der Waals surface area contributed by atoms with Crippen LogP contribution in [0.5, 0.6) is 0 Å². The van der Waals surface area contributed by atoms with Gasteiger partial charge < -0.3 is 9.72 Å². The number of nitrogens with one attached hydrogen (secondary N) is 1. The number of aromatic nitrogens is 1. The van der Waals surface area contributed by atoms with Crippen LogP contribution in [0.25, 0.3) is 0 Å². The molecule has 0 aliphatic rings. The van der Waals surface area contributed by atoms with Crippen LogP contribution in [-0.2, 0) is 14.8 Å². The number of ether oxygens (including phenoxy) is 1. The largest absolute Gasteiger partial charge is 0.464 e. The Kier molecular flexibility index (Phi) is 6.79. The highest BCUT2D eigenvalue weighted by Gasteiger charge is 2.35. The van der Waals surface area contributed by atoms with Gasteiger partial charge in [0.25, 0.3) is 0 Å². The summed E-state index contributed by atoms with van der Waals surface area (Å²) in [6.45, 7) is 6.95. The van der Waals surface area contributed by atoms with Gasteiger partial charge in [0.1, 0.15) is 5.69 Å². The molecule has 2 aromatic rings. The number of benzene rings is 1. The molecule has 28 heavy (non-hydrogen) atoms. The first-order chi connectivity index (χ1) is 13.2. The molecule has 0 saturated heterocycles. The Morgan fingerprint density at radius 3 is 2.32 bits per heavy atom. The predicted octanol–water partition coefficient (Wildman–Crippen LogP) is 3.09. The zero-order valence-electron chi connectivity index (χ0n) is 16.8. The molecular formula is C20H26N2O5S. The Balaban J connectivity index is 2.47. The van der Waals surface area contributed by atoms with Gasteiger partial charge in [-0.15, -0.1) is 0 Å². The average Bonchev–Trinajstić information content (AvgIpc) is 2.99. The first kappa shape index (κ1) is 21.8. The average molecular weight is 407 g/mol. The maximum Gasteiger partial charge on any atom is 0.354 e. The van der Waals surface area contributed by atoms with E-state index in [-0.39, 0.29) is 22.9 Å². The lowest BCUT2D eigenvalue weighted by atomic mass is 10.0. The van der Waals surface area contributed by atoms with E-state index >= 15 is 0 Å². The number of rotatable bonds is 8. The molecule has 0 amide bonds. The van der Waals surface area contributed by atoms with Crippen LogP contribution in [0.4, 0.5) is 0 Å². The van der Waals surface area contributed by atoms with Crippen molar-refractivity contribution in [1.82, 2.24) is 9.29 Å². The summed E-state index contributed by atoms with van der Waals surface area (Å²) in [5, 5.41) is 0. The van der Waals surface area contributed by atoms with Crippen LogP contribution in [0.1, 0.15) is 52.4 Å². The van der Waals surface area contributed by atoms with Crippen LogP contribution in [-0.4, -0.2) is 49.2 Å². The minimum Gasteiger partial charge on any atom is -0.464 e. The second kappa shape index (κ2) is 8.70. The molecule has 1 N–H and O–H groups in total. The van der Waals surface area contributed by atoms with E-state index in [2.05, 4.69) is 4.98 Å². The summed E-state index contributed by atoms with van der Waals surface area (Å²) < 4.78 is 32.2. The monoisotopic (exact) mass is 406 g/mol. The molecule has 0 saturated carbocycles. The molecule has 0 fully saturated rings. The molecule has 1 heterocycles. The van der Waals surface area contributed by atoms with Crippen molar-refractivity contribution in [2.45, 2.75) is 45.1 Å². The highest BCUT2D eigenvalue weighted by Crippen LogP contribution is 2.25. The first-order valence-electron chi connectivity index (χ1n) is 9.05. The van der Waals surface area contributed by atoms with Crippen molar-refractivity contribution in [3.8, 4) is 0 Å². The second-order valence-electron chi connectivity index (χ2n) is 6.59. The highest BCUT2D eigenvalue weighted by atomic mass is 32.2. The summed E-state index contributed by atoms with van der Waals surface area (Å²) in [6.07, 6.45) is 0.558. The smallest absolute Gasteiger partial charge is 0.354 e. The van der Waals surface area contributed by atoms with Crippen LogP contribution in [0.2, 0.25) is 0 Å². The van der Waals surface area contributed by atoms with Crippen molar-refractivity contribution in [3.05, 3.63) is 52.8 Å². The molecule has 1 aromatic carbocycles. The van der Waals surface area contributed by atoms with Crippen molar-refractivity contribution in [1.29, 1.82) is 0 Å². The first-order valence-corrected chi connectivity index (χ1v) is 10.5. The molecule has 0 unspecified atom stereocenters. The molecular weight excluding hydrogens is 380 g/mol. The number of hydrogen-bond acceptors (Lipinski definition) is 5. The number of carbonyl (C=O) groups excluding carboxylic acids is 2. The number of Topliss-reactive ketones (excluding diaryl/α,β-unsaturated/α-hetero) is 1. The van der Waals surface area contributed by atoms with Gasteiger partial charge in [-0.3, -0.25) is 4.79 Å². The van der Waals surface area contributed by atoms with E-state index in [0.29, 0.717) is 23.2 Å². The van der Waals surface area contributed by atoms with E-state index in [4.69, 9.17) is 4.74 Å². The number of ketones is 1. The number of sulfonamides is 1. The van der Waals surface area contributed by atoms with Gasteiger partial charge >= 0.3 is 5.97 Å². The number of H-pyrrole nitrogens is 1. The number of carbonyl (C=O) groups is 2. The minimum atomic E-state index is -3.84. The topological polar surface area (TPSA) is 96.5 Å². The Morgan fingerprint density at radius 2 is 1.79 bits per heavy atom. The molecule has 0 radical (unpaired) electrons. The molecule has 0 aliphatic heterocycles. The molecule has 0 aliphatic carbocycles. The quantitative estimate of drug-likeness (QED) is 0.537. The minimum absolute atomic E-state index is 0.140. The summed E-state index contributed by atoms with van der Waals surface area (Å²) in [6, 6.07) is 7.12. The van der Waals surface area contributed by atoms with E-state index in [1.807, 2.05) is 6.92 Å². The van der Waals surface area contributed by atoms with Gasteiger partial charge in [-0.25, -0.2) is 13.2 Å². The summed E-state index contributed by atoms with van der Waals surface area (Å²) >= 11 is 0. The zero-order chi connectivity index (χ0) is 21.1. The van der Waals surface area contributed by atoms with Gasteiger partial charge in [0.2, 0.25) is 10.0 Å². The van der Waals surface area contributed by atoms with Crippen molar-refractivity contribution >= 4 is 21.8 Å². The van der Waals surface area contributed by atoms with E-state index in [0.717, 1.165) is 0 Å². The SMILES string of the molecule is CCCN([C@@H](C)C(=O)c1c(C)[nH]c(C(=O)OC)c1C)S(=O)(=O)c1ccccc1. The third kappa shape index (κ3) is 4.02. The third-order valence-corrected chi connectivity index (χ3v) is 6.66. The highest BCUT2D eigenvalue weighted by molar-refractivity contribution is 7.89. The molecule has 0 bridgehead atoms. The van der Waals surface area contributed by atoms with Gasteiger partial charge in [-0.2, -0.15) is 4.31 Å². The molecule has 7 nitrogen and oxygen atoms in total. The predicted molar refractivity (Wildman–Crippen MR) is 106 cm³/mol. The summed E-state index contributed by atoms with van der Waals surface area (Å²) in [5.41, 5.74) is 1.47. The fourth-order valence-corrected chi connectivity index (χ4v) is 4.94. The summed E-state index contributed by atoms with van der Waals surface area (Å²) in [4.78, 5) is 28.1. The van der Waals surface area contributed by atoms with E-state index in [1.54, 1.807) is 39.0 Å². The number of methoxy groups -OCH3 is 1.